The molecule has 0 heterocycles. The van der Waals surface area contributed by atoms with Crippen molar-refractivity contribution in [2.24, 2.45) is 4.99 Å². The number of likely N-dealkylation sites (N-methyl/N-ethyl adjacent to an activating group) is 2. The summed E-state index contributed by atoms with van der Waals surface area (Å²) in [5, 5.41) is 0. The summed E-state index contributed by atoms with van der Waals surface area (Å²) in [7, 11) is -3.91. The lowest BCUT2D eigenvalue weighted by molar-refractivity contribution is -0.925. The number of hydrogen-bond acceptors (Lipinski definition) is 8. The highest BCUT2D eigenvalue weighted by Crippen LogP contribution is 2.24. The maximum atomic E-state index is 11.0. The summed E-state index contributed by atoms with van der Waals surface area (Å²) in [6.07, 6.45) is 0.439. The molecule has 0 bridgehead atoms. The van der Waals surface area contributed by atoms with Crippen molar-refractivity contribution in [1.82, 2.24) is 0 Å². The second kappa shape index (κ2) is 19.5. The lowest BCUT2D eigenvalue weighted by Crippen LogP contribution is -2.50. The number of benzene rings is 1. The van der Waals surface area contributed by atoms with E-state index in [1.165, 1.54) is 0 Å². The van der Waals surface area contributed by atoms with Crippen molar-refractivity contribution in [2.45, 2.75) is 34.1 Å². The van der Waals surface area contributed by atoms with Crippen LogP contribution >= 0.6 is 0 Å². The van der Waals surface area contributed by atoms with Crippen molar-refractivity contribution in [3.8, 4) is 0 Å². The maximum Gasteiger partial charge on any atom is 0.265 e. The summed E-state index contributed by atoms with van der Waals surface area (Å²) in [6, 6.07) is 6.18. The van der Waals surface area contributed by atoms with Crippen molar-refractivity contribution in [3.63, 3.8) is 0 Å². The Hall–Kier alpha value is -1.60. The standard InChI is InChI=1S/C27H49N3O7S/c1-6-29(26-10-11-27(28-5)25(4)24-26)12-15-34-17-19-36-21-22-37-20-18-35-16-14-30(7-2,8-3)13-9-23-38(31,32)33/h10-11,24H,5-9,12-23H2,1-4H3/p+1. The van der Waals surface area contributed by atoms with Gasteiger partial charge in [-0.25, -0.2) is 0 Å². The van der Waals surface area contributed by atoms with Crippen molar-refractivity contribution in [3.05, 3.63) is 23.8 Å². The molecule has 10 nitrogen and oxygen atoms in total. The predicted octanol–water partition coefficient (Wildman–Crippen LogP) is 3.35. The minimum Gasteiger partial charge on any atom is -0.377 e. The van der Waals surface area contributed by atoms with Crippen LogP contribution in [0, 0.1) is 6.92 Å². The van der Waals surface area contributed by atoms with E-state index in [1.54, 1.807) is 0 Å². The number of ether oxygens (including phenoxy) is 4. The molecule has 38 heavy (non-hydrogen) atoms. The molecule has 0 fully saturated rings. The Kier molecular flexibility index (Phi) is 17.6. The van der Waals surface area contributed by atoms with E-state index in [0.29, 0.717) is 65.8 Å². The molecule has 0 aromatic heterocycles. The monoisotopic (exact) mass is 560 g/mol. The molecule has 1 rings (SSSR count). The van der Waals surface area contributed by atoms with Gasteiger partial charge in [-0.2, -0.15) is 8.42 Å². The van der Waals surface area contributed by atoms with Crippen LogP contribution in [0.5, 0.6) is 0 Å². The summed E-state index contributed by atoms with van der Waals surface area (Å²) in [5.74, 6) is -0.197. The zero-order chi connectivity index (χ0) is 28.3. The molecular formula is C27H50N3O7S+. The highest BCUT2D eigenvalue weighted by atomic mass is 32.2. The van der Waals surface area contributed by atoms with Gasteiger partial charge in [-0.15, -0.1) is 0 Å². The quantitative estimate of drug-likeness (QED) is 0.0888. The van der Waals surface area contributed by atoms with E-state index in [-0.39, 0.29) is 5.75 Å². The molecule has 0 aliphatic rings. The van der Waals surface area contributed by atoms with Crippen LogP contribution in [-0.4, -0.2) is 122 Å². The van der Waals surface area contributed by atoms with Gasteiger partial charge in [0.15, 0.2) is 0 Å². The molecule has 0 aliphatic heterocycles. The highest BCUT2D eigenvalue weighted by Gasteiger charge is 2.23. The number of nitrogens with zero attached hydrogens (tertiary/aromatic N) is 3. The Morgan fingerprint density at radius 1 is 0.895 bits per heavy atom. The third-order valence-corrected chi connectivity index (χ3v) is 7.61. The number of rotatable bonds is 24. The first-order valence-electron chi connectivity index (χ1n) is 13.6. The zero-order valence-electron chi connectivity index (χ0n) is 23.9. The van der Waals surface area contributed by atoms with Crippen LogP contribution in [0.4, 0.5) is 11.4 Å². The van der Waals surface area contributed by atoms with Crippen LogP contribution in [0.15, 0.2) is 23.2 Å². The van der Waals surface area contributed by atoms with Gasteiger partial charge < -0.3 is 28.3 Å². The molecule has 0 aliphatic carbocycles. The van der Waals surface area contributed by atoms with Crippen molar-refractivity contribution in [2.75, 3.05) is 103 Å². The highest BCUT2D eigenvalue weighted by molar-refractivity contribution is 7.85. The number of anilines is 1. The molecule has 0 radical (unpaired) electrons. The fourth-order valence-electron chi connectivity index (χ4n) is 4.23. The van der Waals surface area contributed by atoms with E-state index in [1.807, 2.05) is 13.0 Å². The molecule has 0 amide bonds. The van der Waals surface area contributed by atoms with E-state index < -0.39 is 10.1 Å². The van der Waals surface area contributed by atoms with E-state index in [2.05, 4.69) is 49.5 Å². The van der Waals surface area contributed by atoms with Crippen molar-refractivity contribution in [1.29, 1.82) is 0 Å². The average Bonchev–Trinajstić information content (AvgIpc) is 2.89. The third kappa shape index (κ3) is 14.5. The lowest BCUT2D eigenvalue weighted by Gasteiger charge is -2.36. The van der Waals surface area contributed by atoms with Crippen molar-refractivity contribution >= 4 is 28.2 Å². The van der Waals surface area contributed by atoms with Crippen LogP contribution in [-0.2, 0) is 29.1 Å². The van der Waals surface area contributed by atoms with Gasteiger partial charge in [-0.1, -0.05) is 0 Å². The Bertz CT molecular complexity index is 879. The Labute approximate surface area is 230 Å². The number of hydrogen-bond donors (Lipinski definition) is 1. The van der Waals surface area contributed by atoms with Gasteiger partial charge in [-0.05, 0) is 58.2 Å². The summed E-state index contributed by atoms with van der Waals surface area (Å²) in [6.45, 7) is 21.2. The molecule has 0 unspecified atom stereocenters. The molecular weight excluding hydrogens is 510 g/mol. The second-order valence-electron chi connectivity index (χ2n) is 9.22. The average molecular weight is 561 g/mol. The lowest BCUT2D eigenvalue weighted by atomic mass is 10.1. The van der Waals surface area contributed by atoms with Gasteiger partial charge in [0.1, 0.15) is 6.54 Å². The SMILES string of the molecule is C=Nc1ccc(N(CC)CCOCCOCCOCCOCC[N+](CC)(CC)CCCS(=O)(=O)O)cc1C. The first kappa shape index (κ1) is 34.4. The summed E-state index contributed by atoms with van der Waals surface area (Å²) in [5.41, 5.74) is 3.18. The van der Waals surface area contributed by atoms with Gasteiger partial charge in [0.2, 0.25) is 0 Å². The number of quaternary nitrogens is 1. The van der Waals surface area contributed by atoms with E-state index in [4.69, 9.17) is 23.5 Å². The van der Waals surface area contributed by atoms with Crippen molar-refractivity contribution < 1.29 is 36.4 Å². The summed E-state index contributed by atoms with van der Waals surface area (Å²) < 4.78 is 54.2. The van der Waals surface area contributed by atoms with Crippen LogP contribution in [0.2, 0.25) is 0 Å². The Morgan fingerprint density at radius 2 is 1.45 bits per heavy atom. The molecule has 220 valence electrons. The van der Waals surface area contributed by atoms with Crippen LogP contribution < -0.4 is 4.90 Å². The number of aliphatic imine (C=N–C) groups is 1. The first-order valence-corrected chi connectivity index (χ1v) is 15.2. The molecule has 1 N–H and O–H groups in total. The predicted molar refractivity (Wildman–Crippen MR) is 154 cm³/mol. The molecule has 0 saturated heterocycles. The van der Waals surface area contributed by atoms with Crippen LogP contribution in [0.1, 0.15) is 32.8 Å². The summed E-state index contributed by atoms with van der Waals surface area (Å²) >= 11 is 0. The van der Waals surface area contributed by atoms with Gasteiger partial charge >= 0.3 is 0 Å². The fourth-order valence-corrected chi connectivity index (χ4v) is 4.72. The maximum absolute atomic E-state index is 11.0. The smallest absolute Gasteiger partial charge is 0.265 e. The van der Waals surface area contributed by atoms with E-state index in [0.717, 1.165) is 54.1 Å². The van der Waals surface area contributed by atoms with Gasteiger partial charge in [0, 0.05) is 25.2 Å². The van der Waals surface area contributed by atoms with Gasteiger partial charge in [0.25, 0.3) is 10.1 Å². The molecule has 0 saturated carbocycles. The largest absolute Gasteiger partial charge is 0.377 e. The molecule has 0 spiro atoms. The molecule has 11 heteroatoms. The fraction of sp³-hybridized carbons (Fsp3) is 0.741. The Balaban J connectivity index is 2.04. The van der Waals surface area contributed by atoms with Gasteiger partial charge in [-0.3, -0.25) is 9.55 Å². The van der Waals surface area contributed by atoms with Crippen LogP contribution in [0.25, 0.3) is 0 Å². The second-order valence-corrected chi connectivity index (χ2v) is 10.8. The third-order valence-electron chi connectivity index (χ3n) is 6.81. The Morgan fingerprint density at radius 3 is 1.92 bits per heavy atom. The van der Waals surface area contributed by atoms with E-state index >= 15 is 0 Å². The molecule has 1 aromatic carbocycles. The van der Waals surface area contributed by atoms with Gasteiger partial charge in [0.05, 0.1) is 83.9 Å². The van der Waals surface area contributed by atoms with E-state index in [9.17, 15) is 8.42 Å². The van der Waals surface area contributed by atoms with Crippen LogP contribution in [0.3, 0.4) is 0 Å². The summed E-state index contributed by atoms with van der Waals surface area (Å²) in [4.78, 5) is 6.29. The topological polar surface area (TPSA) is 107 Å². The first-order chi connectivity index (χ1) is 18.2. The molecule has 1 aromatic rings. The minimum atomic E-state index is -3.91. The number of aryl methyl sites for hydroxylation is 1. The zero-order valence-corrected chi connectivity index (χ0v) is 24.7. The molecule has 0 atom stereocenters. The normalized spacial score (nSPS) is 12.1. The minimum absolute atomic E-state index is 0.197.